The number of ether oxygens (including phenoxy) is 1. The topological polar surface area (TPSA) is 46.5 Å². The molecule has 0 spiro atoms. The summed E-state index contributed by atoms with van der Waals surface area (Å²) in [4.78, 5) is 12.0. The monoisotopic (exact) mass is 216 g/mol. The van der Waals surface area contributed by atoms with Gasteiger partial charge in [0, 0.05) is 0 Å². The zero-order valence-corrected chi connectivity index (χ0v) is 9.95. The molecule has 0 aliphatic carbocycles. The number of aliphatic hydroxyl groups excluding tert-OH is 1. The van der Waals surface area contributed by atoms with Crippen molar-refractivity contribution in [3.63, 3.8) is 0 Å². The van der Waals surface area contributed by atoms with E-state index in [4.69, 9.17) is 4.74 Å². The van der Waals surface area contributed by atoms with Crippen molar-refractivity contribution in [3.8, 4) is 0 Å². The number of rotatable bonds is 1. The van der Waals surface area contributed by atoms with Crippen molar-refractivity contribution in [2.45, 2.75) is 45.6 Å². The van der Waals surface area contributed by atoms with E-state index >= 15 is 0 Å². The normalized spacial score (nSPS) is 21.1. The van der Waals surface area contributed by atoms with Crippen molar-refractivity contribution < 1.29 is 19.1 Å². The molecule has 0 aromatic heterocycles. The van der Waals surface area contributed by atoms with E-state index in [1.807, 2.05) is 20.8 Å². The summed E-state index contributed by atoms with van der Waals surface area (Å²) in [7, 11) is 0. The summed E-state index contributed by atoms with van der Waals surface area (Å²) in [6.07, 6.45) is 2.83. The summed E-state index contributed by atoms with van der Waals surface area (Å²) in [6.45, 7) is 6.81. The van der Waals surface area contributed by atoms with Crippen LogP contribution >= 0.6 is 0 Å². The van der Waals surface area contributed by atoms with Crippen LogP contribution in [0.2, 0.25) is 0 Å². The highest BCUT2D eigenvalue weighted by molar-refractivity contribution is 5.60. The molecular formula is C11H22NO3+. The van der Waals surface area contributed by atoms with Crippen LogP contribution in [0.25, 0.3) is 0 Å². The van der Waals surface area contributed by atoms with Gasteiger partial charge in [0.05, 0.1) is 13.1 Å². The largest absolute Gasteiger partial charge is 0.518 e. The average Bonchev–Trinajstić information content (AvgIpc) is 2.16. The lowest BCUT2D eigenvalue weighted by Crippen LogP contribution is -2.57. The van der Waals surface area contributed by atoms with Gasteiger partial charge in [0.2, 0.25) is 0 Å². The van der Waals surface area contributed by atoms with Crippen LogP contribution in [0.3, 0.4) is 0 Å². The van der Waals surface area contributed by atoms with E-state index < -0.39 is 5.60 Å². The summed E-state index contributed by atoms with van der Waals surface area (Å²) in [5.41, 5.74) is -0.477. The number of amides is 1. The van der Waals surface area contributed by atoms with Crippen LogP contribution in [0.15, 0.2) is 0 Å². The summed E-state index contributed by atoms with van der Waals surface area (Å²) in [6, 6.07) is 0. The van der Waals surface area contributed by atoms with Gasteiger partial charge < -0.3 is 9.84 Å². The molecule has 15 heavy (non-hydrogen) atoms. The number of likely N-dealkylation sites (tertiary alicyclic amines) is 1. The lowest BCUT2D eigenvalue weighted by atomic mass is 10.1. The van der Waals surface area contributed by atoms with Crippen molar-refractivity contribution in [2.24, 2.45) is 0 Å². The van der Waals surface area contributed by atoms with Crippen LogP contribution < -0.4 is 0 Å². The summed E-state index contributed by atoms with van der Waals surface area (Å²) >= 11 is 0. The molecule has 0 unspecified atom stereocenters. The second kappa shape index (κ2) is 4.49. The van der Waals surface area contributed by atoms with Crippen LogP contribution in [0.1, 0.15) is 40.0 Å². The molecule has 1 rings (SSSR count). The molecule has 4 heteroatoms. The van der Waals surface area contributed by atoms with Gasteiger partial charge in [-0.25, -0.2) is 4.48 Å². The first kappa shape index (κ1) is 12.5. The molecular weight excluding hydrogens is 194 g/mol. The molecule has 0 aromatic carbocycles. The molecule has 1 fully saturated rings. The first-order chi connectivity index (χ1) is 6.90. The van der Waals surface area contributed by atoms with Crippen LogP contribution in [0, 0.1) is 0 Å². The quantitative estimate of drug-likeness (QED) is 0.681. The highest BCUT2D eigenvalue weighted by Gasteiger charge is 2.41. The van der Waals surface area contributed by atoms with Crippen molar-refractivity contribution >= 4 is 6.09 Å². The Balaban J connectivity index is 2.68. The Hall–Kier alpha value is -0.610. The van der Waals surface area contributed by atoms with Gasteiger partial charge in [-0.15, -0.1) is 0 Å². The fourth-order valence-corrected chi connectivity index (χ4v) is 1.86. The zero-order chi connectivity index (χ0) is 11.5. The van der Waals surface area contributed by atoms with E-state index in [1.165, 1.54) is 0 Å². The highest BCUT2D eigenvalue weighted by Crippen LogP contribution is 2.22. The Bertz CT molecular complexity index is 226. The summed E-state index contributed by atoms with van der Waals surface area (Å²) < 4.78 is 5.43. The predicted octanol–water partition coefficient (Wildman–Crippen LogP) is 1.87. The molecule has 0 radical (unpaired) electrons. The lowest BCUT2D eigenvalue weighted by Gasteiger charge is -2.37. The molecule has 4 nitrogen and oxygen atoms in total. The summed E-state index contributed by atoms with van der Waals surface area (Å²) in [5, 5.41) is 9.38. The molecule has 1 amide bonds. The zero-order valence-electron chi connectivity index (χ0n) is 9.95. The van der Waals surface area contributed by atoms with Crippen LogP contribution in [-0.4, -0.2) is 41.1 Å². The number of hydrogen-bond donors (Lipinski definition) is 1. The van der Waals surface area contributed by atoms with E-state index in [0.29, 0.717) is 13.1 Å². The minimum absolute atomic E-state index is 0.0806. The van der Waals surface area contributed by atoms with Gasteiger partial charge in [0.15, 0.2) is 6.73 Å². The van der Waals surface area contributed by atoms with Gasteiger partial charge in [-0.2, -0.15) is 4.79 Å². The maximum atomic E-state index is 12.0. The number of carbonyl (C=O) groups is 1. The van der Waals surface area contributed by atoms with Crippen molar-refractivity contribution in [1.82, 2.24) is 0 Å². The minimum atomic E-state index is -0.477. The third-order valence-corrected chi connectivity index (χ3v) is 2.72. The molecule has 1 heterocycles. The van der Waals surface area contributed by atoms with Crippen molar-refractivity contribution in [1.29, 1.82) is 0 Å². The van der Waals surface area contributed by atoms with E-state index in [1.54, 1.807) is 0 Å². The Morgan fingerprint density at radius 1 is 1.27 bits per heavy atom. The maximum absolute atomic E-state index is 12.0. The summed E-state index contributed by atoms with van der Waals surface area (Å²) in [5.74, 6) is 0. The van der Waals surface area contributed by atoms with E-state index in [-0.39, 0.29) is 17.3 Å². The third kappa shape index (κ3) is 3.18. The Kier molecular flexibility index (Phi) is 3.73. The molecule has 0 saturated carbocycles. The molecule has 0 aromatic rings. The molecule has 88 valence electrons. The Morgan fingerprint density at radius 2 is 1.80 bits per heavy atom. The first-order valence-corrected chi connectivity index (χ1v) is 5.60. The van der Waals surface area contributed by atoms with Gasteiger partial charge in [0.25, 0.3) is 0 Å². The lowest BCUT2D eigenvalue weighted by molar-refractivity contribution is -0.882. The minimum Gasteiger partial charge on any atom is -0.414 e. The second-order valence-corrected chi connectivity index (χ2v) is 5.27. The SMILES string of the molecule is CC(C)(C)OC(=O)[N+]1(CO)CCCCC1. The van der Waals surface area contributed by atoms with Crippen LogP contribution in [0.4, 0.5) is 4.79 Å². The maximum Gasteiger partial charge on any atom is 0.518 e. The third-order valence-electron chi connectivity index (χ3n) is 2.72. The fourth-order valence-electron chi connectivity index (χ4n) is 1.86. The Morgan fingerprint density at radius 3 is 2.20 bits per heavy atom. The smallest absolute Gasteiger partial charge is 0.414 e. The highest BCUT2D eigenvalue weighted by atomic mass is 16.6. The standard InChI is InChI=1S/C11H22NO3/c1-11(2,3)15-10(14)12(9-13)7-5-4-6-8-12/h13H,4-9H2,1-3H3/q+1. The van der Waals surface area contributed by atoms with Gasteiger partial charge in [-0.3, -0.25) is 0 Å². The number of piperidine rings is 1. The van der Waals surface area contributed by atoms with Gasteiger partial charge in [0.1, 0.15) is 5.60 Å². The molecule has 1 N–H and O–H groups in total. The average molecular weight is 216 g/mol. The van der Waals surface area contributed by atoms with Gasteiger partial charge in [-0.1, -0.05) is 0 Å². The molecule has 0 atom stereocenters. The molecule has 1 aliphatic rings. The number of aliphatic hydroxyl groups is 1. The van der Waals surface area contributed by atoms with E-state index in [2.05, 4.69) is 0 Å². The van der Waals surface area contributed by atoms with E-state index in [0.717, 1.165) is 19.3 Å². The van der Waals surface area contributed by atoms with Gasteiger partial charge >= 0.3 is 6.09 Å². The number of quaternary nitrogens is 1. The molecule has 1 saturated heterocycles. The van der Waals surface area contributed by atoms with Crippen molar-refractivity contribution in [2.75, 3.05) is 19.8 Å². The van der Waals surface area contributed by atoms with Crippen LogP contribution in [0.5, 0.6) is 0 Å². The van der Waals surface area contributed by atoms with Crippen LogP contribution in [-0.2, 0) is 4.74 Å². The number of hydrogen-bond acceptors (Lipinski definition) is 3. The molecule has 0 bridgehead atoms. The van der Waals surface area contributed by atoms with E-state index in [9.17, 15) is 9.90 Å². The van der Waals surface area contributed by atoms with Crippen molar-refractivity contribution in [3.05, 3.63) is 0 Å². The first-order valence-electron chi connectivity index (χ1n) is 5.60. The Labute approximate surface area is 91.4 Å². The van der Waals surface area contributed by atoms with Gasteiger partial charge in [-0.05, 0) is 40.0 Å². The number of carbonyl (C=O) groups excluding carboxylic acids is 1. The second-order valence-electron chi connectivity index (χ2n) is 5.27. The predicted molar refractivity (Wildman–Crippen MR) is 57.2 cm³/mol. The molecule has 1 aliphatic heterocycles. The number of nitrogens with zero attached hydrogens (tertiary/aromatic N) is 1. The fraction of sp³-hybridized carbons (Fsp3) is 0.909.